The van der Waals surface area contributed by atoms with Crippen molar-refractivity contribution >= 4 is 11.6 Å². The van der Waals surface area contributed by atoms with Gasteiger partial charge in [0.25, 0.3) is 0 Å². The molecule has 4 rings (SSSR count). The van der Waals surface area contributed by atoms with E-state index in [4.69, 9.17) is 0 Å². The van der Waals surface area contributed by atoms with Crippen LogP contribution in [0, 0.1) is 5.82 Å². The number of hydrogen-bond donors (Lipinski definition) is 0. The Bertz CT molecular complexity index is 813. The van der Waals surface area contributed by atoms with Crippen LogP contribution >= 0.6 is 0 Å². The summed E-state index contributed by atoms with van der Waals surface area (Å²) in [7, 11) is 0. The maximum absolute atomic E-state index is 13.1. The average molecular weight is 411 g/mol. The molecule has 2 saturated heterocycles. The minimum atomic E-state index is -0.208. The Kier molecular flexibility index (Phi) is 6.65. The zero-order valence-corrected chi connectivity index (χ0v) is 17.7. The smallest absolute Gasteiger partial charge is 0.239 e. The Hall–Kier alpha value is -2.44. The Balaban J connectivity index is 1.24. The first kappa shape index (κ1) is 20.8. The van der Waals surface area contributed by atoms with Crippen molar-refractivity contribution in [2.24, 2.45) is 0 Å². The molecule has 1 atom stereocenters. The number of benzene rings is 2. The van der Waals surface area contributed by atoms with Crippen LogP contribution < -0.4 is 4.90 Å². The molecule has 0 radical (unpaired) electrons. The summed E-state index contributed by atoms with van der Waals surface area (Å²) >= 11 is 0. The third kappa shape index (κ3) is 4.99. The molecule has 2 aliphatic heterocycles. The lowest BCUT2D eigenvalue weighted by molar-refractivity contribution is -0.138. The summed E-state index contributed by atoms with van der Waals surface area (Å²) in [5.74, 6) is 0.0325. The molecule has 0 N–H and O–H groups in total. The zero-order chi connectivity index (χ0) is 20.9. The molecule has 30 heavy (non-hydrogen) atoms. The second kappa shape index (κ2) is 9.58. The lowest BCUT2D eigenvalue weighted by Gasteiger charge is -2.41. The molecule has 1 amide bonds. The highest BCUT2D eigenvalue weighted by Gasteiger charge is 2.30. The molecule has 0 aliphatic carbocycles. The molecule has 160 valence electrons. The highest BCUT2D eigenvalue weighted by molar-refractivity contribution is 5.81. The molecule has 2 aliphatic rings. The molecule has 2 heterocycles. The first-order valence-electron chi connectivity index (χ1n) is 10.9. The van der Waals surface area contributed by atoms with Crippen molar-refractivity contribution in [1.82, 2.24) is 14.7 Å². The van der Waals surface area contributed by atoms with Gasteiger partial charge in [0, 0.05) is 64.6 Å². The topological polar surface area (TPSA) is 30.0 Å². The van der Waals surface area contributed by atoms with E-state index in [0.717, 1.165) is 64.6 Å². The molecule has 6 heteroatoms. The molecule has 2 aromatic rings. The molecule has 0 unspecified atom stereocenters. The predicted octanol–water partition coefficient (Wildman–Crippen LogP) is 2.68. The van der Waals surface area contributed by atoms with E-state index in [9.17, 15) is 9.18 Å². The van der Waals surface area contributed by atoms with E-state index in [1.807, 2.05) is 30.0 Å². The quantitative estimate of drug-likeness (QED) is 0.758. The van der Waals surface area contributed by atoms with Crippen LogP contribution in [-0.2, 0) is 11.3 Å². The van der Waals surface area contributed by atoms with Crippen molar-refractivity contribution in [1.29, 1.82) is 0 Å². The minimum absolute atomic E-state index is 0.0963. The fourth-order valence-electron chi connectivity index (χ4n) is 4.41. The highest BCUT2D eigenvalue weighted by Crippen LogP contribution is 2.19. The number of rotatable bonds is 5. The number of nitrogens with zero attached hydrogens (tertiary/aromatic N) is 4. The summed E-state index contributed by atoms with van der Waals surface area (Å²) in [4.78, 5) is 22.0. The van der Waals surface area contributed by atoms with Crippen LogP contribution in [0.15, 0.2) is 54.6 Å². The summed E-state index contributed by atoms with van der Waals surface area (Å²) in [5, 5.41) is 0. The predicted molar refractivity (Wildman–Crippen MR) is 118 cm³/mol. The van der Waals surface area contributed by atoms with Gasteiger partial charge in [-0.15, -0.1) is 0 Å². The van der Waals surface area contributed by atoms with Crippen molar-refractivity contribution in [3.05, 3.63) is 66.0 Å². The molecule has 2 aromatic carbocycles. The first-order valence-corrected chi connectivity index (χ1v) is 10.9. The fraction of sp³-hybridized carbons (Fsp3) is 0.458. The van der Waals surface area contributed by atoms with E-state index in [1.165, 1.54) is 17.7 Å². The molecule has 0 spiro atoms. The van der Waals surface area contributed by atoms with Crippen molar-refractivity contribution in [3.63, 3.8) is 0 Å². The van der Waals surface area contributed by atoms with Crippen molar-refractivity contribution in [3.8, 4) is 0 Å². The average Bonchev–Trinajstić information content (AvgIpc) is 2.80. The van der Waals surface area contributed by atoms with Gasteiger partial charge in [0.1, 0.15) is 5.82 Å². The van der Waals surface area contributed by atoms with Gasteiger partial charge < -0.3 is 9.80 Å². The normalized spacial score (nSPS) is 19.7. The van der Waals surface area contributed by atoms with Gasteiger partial charge in [-0.2, -0.15) is 0 Å². The van der Waals surface area contributed by atoms with E-state index in [1.54, 1.807) is 0 Å². The third-order valence-corrected chi connectivity index (χ3v) is 6.34. The SMILES string of the molecule is C[C@H](C(=O)N1CCN(Cc2ccccc2)CC1)N1CCN(c2ccc(F)cc2)CC1. The van der Waals surface area contributed by atoms with Crippen LogP contribution in [0.3, 0.4) is 0 Å². The molecule has 0 aromatic heterocycles. The zero-order valence-electron chi connectivity index (χ0n) is 17.7. The number of anilines is 1. The highest BCUT2D eigenvalue weighted by atomic mass is 19.1. The van der Waals surface area contributed by atoms with Gasteiger partial charge in [0.15, 0.2) is 0 Å². The minimum Gasteiger partial charge on any atom is -0.369 e. The molecule has 2 fully saturated rings. The van der Waals surface area contributed by atoms with Crippen LogP contribution in [-0.4, -0.2) is 79.0 Å². The van der Waals surface area contributed by atoms with Gasteiger partial charge in [-0.25, -0.2) is 4.39 Å². The number of amides is 1. The van der Waals surface area contributed by atoms with E-state index >= 15 is 0 Å². The monoisotopic (exact) mass is 410 g/mol. The lowest BCUT2D eigenvalue weighted by atomic mass is 10.1. The van der Waals surface area contributed by atoms with E-state index < -0.39 is 0 Å². The summed E-state index contributed by atoms with van der Waals surface area (Å²) in [5.41, 5.74) is 2.37. The molecular weight excluding hydrogens is 379 g/mol. The standard InChI is InChI=1S/C24H31FN4O/c1-20(27-15-17-28(18-16-27)23-9-7-22(25)8-10-23)24(30)29-13-11-26(12-14-29)19-21-5-3-2-4-6-21/h2-10,20H,11-19H2,1H3/t20-/m1/s1. The Labute approximate surface area is 178 Å². The van der Waals surface area contributed by atoms with Gasteiger partial charge in [0.05, 0.1) is 6.04 Å². The number of carbonyl (C=O) groups excluding carboxylic acids is 1. The summed E-state index contributed by atoms with van der Waals surface area (Å²) < 4.78 is 13.1. The van der Waals surface area contributed by atoms with E-state index in [0.29, 0.717) is 0 Å². The van der Waals surface area contributed by atoms with Gasteiger partial charge in [-0.1, -0.05) is 30.3 Å². The molecule has 0 saturated carbocycles. The number of hydrogen-bond acceptors (Lipinski definition) is 4. The second-order valence-corrected chi connectivity index (χ2v) is 8.26. The molecule has 5 nitrogen and oxygen atoms in total. The van der Waals surface area contributed by atoms with Crippen LogP contribution in [0.25, 0.3) is 0 Å². The summed E-state index contributed by atoms with van der Waals surface area (Å²) in [6.07, 6.45) is 0. The third-order valence-electron chi connectivity index (χ3n) is 6.34. The van der Waals surface area contributed by atoms with Crippen molar-refractivity contribution in [2.45, 2.75) is 19.5 Å². The fourth-order valence-corrected chi connectivity index (χ4v) is 4.41. The van der Waals surface area contributed by atoms with Crippen LogP contribution in [0.2, 0.25) is 0 Å². The Morgan fingerprint density at radius 2 is 1.50 bits per heavy atom. The van der Waals surface area contributed by atoms with Crippen LogP contribution in [0.5, 0.6) is 0 Å². The summed E-state index contributed by atoms with van der Waals surface area (Å²) in [6.45, 7) is 9.82. The number of halogens is 1. The molecule has 0 bridgehead atoms. The van der Waals surface area contributed by atoms with Crippen molar-refractivity contribution < 1.29 is 9.18 Å². The van der Waals surface area contributed by atoms with Crippen LogP contribution in [0.4, 0.5) is 10.1 Å². The Morgan fingerprint density at radius 3 is 2.13 bits per heavy atom. The molecular formula is C24H31FN4O. The number of piperazine rings is 2. The van der Waals surface area contributed by atoms with Gasteiger partial charge in [0.2, 0.25) is 5.91 Å². The Morgan fingerprint density at radius 1 is 0.867 bits per heavy atom. The maximum atomic E-state index is 13.1. The van der Waals surface area contributed by atoms with Crippen molar-refractivity contribution in [2.75, 3.05) is 57.3 Å². The van der Waals surface area contributed by atoms with E-state index in [2.05, 4.69) is 39.0 Å². The lowest BCUT2D eigenvalue weighted by Crippen LogP contribution is -2.57. The summed E-state index contributed by atoms with van der Waals surface area (Å²) in [6, 6.07) is 17.1. The van der Waals surface area contributed by atoms with Gasteiger partial charge in [-0.05, 0) is 36.8 Å². The first-order chi connectivity index (χ1) is 14.6. The van der Waals surface area contributed by atoms with Crippen LogP contribution in [0.1, 0.15) is 12.5 Å². The van der Waals surface area contributed by atoms with Gasteiger partial charge in [-0.3, -0.25) is 14.6 Å². The van der Waals surface area contributed by atoms with E-state index in [-0.39, 0.29) is 17.8 Å². The second-order valence-electron chi connectivity index (χ2n) is 8.26. The van der Waals surface area contributed by atoms with Gasteiger partial charge >= 0.3 is 0 Å². The maximum Gasteiger partial charge on any atom is 0.239 e. The number of carbonyl (C=O) groups is 1. The largest absolute Gasteiger partial charge is 0.369 e.